The molecule has 0 saturated carbocycles. The molecule has 86 valence electrons. The van der Waals surface area contributed by atoms with Gasteiger partial charge in [0.05, 0.1) is 0 Å². The van der Waals surface area contributed by atoms with E-state index in [1.807, 2.05) is 0 Å². The largest absolute Gasteiger partial charge is 0.455 e. The molecule has 0 aliphatic rings. The van der Waals surface area contributed by atoms with Crippen LogP contribution in [0.2, 0.25) is 0 Å². The number of nitrogens with zero attached hydrogens (tertiary/aromatic N) is 1. The molecule has 0 aromatic carbocycles. The molecule has 5 nitrogen and oxygen atoms in total. The van der Waals surface area contributed by atoms with Crippen LogP contribution in [0.25, 0.3) is 0 Å². The molecule has 0 fully saturated rings. The number of oxime groups is 1. The van der Waals surface area contributed by atoms with Crippen molar-refractivity contribution in [1.29, 1.82) is 0 Å². The molecule has 5 heteroatoms. The lowest BCUT2D eigenvalue weighted by Gasteiger charge is -2.19. The standard InChI is InChI=1S/C10H17NO4/c1-6-14-11-8(7(2)12)9(13)15-10(3,4)5/h6H2,1-5H3/b11-8-. The zero-order valence-corrected chi connectivity index (χ0v) is 9.79. The van der Waals surface area contributed by atoms with Crippen LogP contribution in [0.1, 0.15) is 34.6 Å². The molecule has 0 heterocycles. The summed E-state index contributed by atoms with van der Waals surface area (Å²) in [4.78, 5) is 27.2. The van der Waals surface area contributed by atoms with Crippen LogP contribution >= 0.6 is 0 Å². The van der Waals surface area contributed by atoms with Crippen LogP contribution in [0, 0.1) is 0 Å². The van der Waals surface area contributed by atoms with Crippen LogP contribution in [0.3, 0.4) is 0 Å². The van der Waals surface area contributed by atoms with Gasteiger partial charge in [-0.2, -0.15) is 0 Å². The number of hydrogen-bond donors (Lipinski definition) is 0. The summed E-state index contributed by atoms with van der Waals surface area (Å²) in [5.74, 6) is -1.24. The van der Waals surface area contributed by atoms with Crippen molar-refractivity contribution < 1.29 is 19.2 Å². The molecule has 0 aliphatic carbocycles. The Morgan fingerprint density at radius 1 is 1.27 bits per heavy atom. The lowest BCUT2D eigenvalue weighted by Crippen LogP contribution is -2.32. The van der Waals surface area contributed by atoms with Gasteiger partial charge >= 0.3 is 5.97 Å². The maximum atomic E-state index is 11.5. The second-order valence-electron chi connectivity index (χ2n) is 3.92. The SMILES string of the molecule is CCO/N=C(/C(C)=O)C(=O)OC(C)(C)C. The molecule has 0 radical (unpaired) electrons. The van der Waals surface area contributed by atoms with Gasteiger partial charge in [0.15, 0.2) is 5.78 Å². The lowest BCUT2D eigenvalue weighted by molar-refractivity contribution is -0.146. The predicted molar refractivity (Wildman–Crippen MR) is 55.6 cm³/mol. The zero-order valence-electron chi connectivity index (χ0n) is 9.79. The Morgan fingerprint density at radius 2 is 1.80 bits per heavy atom. The lowest BCUT2D eigenvalue weighted by atomic mass is 10.2. The second kappa shape index (κ2) is 5.48. The van der Waals surface area contributed by atoms with Crippen molar-refractivity contribution >= 4 is 17.5 Å². The smallest absolute Gasteiger partial charge is 0.364 e. The van der Waals surface area contributed by atoms with Crippen molar-refractivity contribution in [2.24, 2.45) is 5.16 Å². The Bertz CT molecular complexity index is 276. The molecule has 0 aromatic heterocycles. The van der Waals surface area contributed by atoms with E-state index < -0.39 is 17.4 Å². The Kier molecular flexibility index (Phi) is 4.97. The minimum atomic E-state index is -0.761. The van der Waals surface area contributed by atoms with Gasteiger partial charge in [0.25, 0.3) is 0 Å². The number of Topliss-reactive ketones (excluding diaryl/α,β-unsaturated/α-hetero) is 1. The molecule has 0 unspecified atom stereocenters. The van der Waals surface area contributed by atoms with Gasteiger partial charge in [0.2, 0.25) is 5.71 Å². The van der Waals surface area contributed by atoms with Crippen LogP contribution in [0.4, 0.5) is 0 Å². The Hall–Kier alpha value is -1.39. The Balaban J connectivity index is 4.65. The predicted octanol–water partition coefficient (Wildman–Crippen LogP) is 1.31. The minimum absolute atomic E-state index is 0.291. The fourth-order valence-corrected chi connectivity index (χ4v) is 0.701. The maximum absolute atomic E-state index is 11.5. The van der Waals surface area contributed by atoms with Gasteiger partial charge in [-0.25, -0.2) is 4.79 Å². The highest BCUT2D eigenvalue weighted by molar-refractivity contribution is 6.63. The van der Waals surface area contributed by atoms with E-state index >= 15 is 0 Å². The summed E-state index contributed by atoms with van der Waals surface area (Å²) in [6.45, 7) is 8.37. The van der Waals surface area contributed by atoms with Crippen molar-refractivity contribution in [3.8, 4) is 0 Å². The first-order valence-electron chi connectivity index (χ1n) is 4.72. The number of carbonyl (C=O) groups excluding carboxylic acids is 2. The number of hydrogen-bond acceptors (Lipinski definition) is 5. The van der Waals surface area contributed by atoms with Gasteiger partial charge in [0, 0.05) is 6.92 Å². The first-order chi connectivity index (χ1) is 6.78. The van der Waals surface area contributed by atoms with Crippen LogP contribution < -0.4 is 0 Å². The number of carbonyl (C=O) groups is 2. The highest BCUT2D eigenvalue weighted by atomic mass is 16.6. The molecule has 0 rings (SSSR count). The number of ketones is 1. The fraction of sp³-hybridized carbons (Fsp3) is 0.700. The molecule has 0 N–H and O–H groups in total. The third-order valence-electron chi connectivity index (χ3n) is 1.21. The van der Waals surface area contributed by atoms with Gasteiger partial charge in [0.1, 0.15) is 12.2 Å². The normalized spacial score (nSPS) is 12.2. The topological polar surface area (TPSA) is 65.0 Å². The van der Waals surface area contributed by atoms with Crippen molar-refractivity contribution in [3.05, 3.63) is 0 Å². The van der Waals surface area contributed by atoms with E-state index in [0.29, 0.717) is 6.61 Å². The van der Waals surface area contributed by atoms with Gasteiger partial charge in [-0.3, -0.25) is 4.79 Å². The molecule has 0 spiro atoms. The van der Waals surface area contributed by atoms with Crippen LogP contribution in [-0.4, -0.2) is 29.7 Å². The average molecular weight is 215 g/mol. The summed E-state index contributed by atoms with van der Waals surface area (Å²) in [5.41, 5.74) is -0.966. The van der Waals surface area contributed by atoms with Gasteiger partial charge < -0.3 is 9.57 Å². The summed E-state index contributed by atoms with van der Waals surface area (Å²) in [6.07, 6.45) is 0. The molecular formula is C10H17NO4. The Labute approximate surface area is 89.4 Å². The summed E-state index contributed by atoms with van der Waals surface area (Å²) in [6, 6.07) is 0. The molecule has 15 heavy (non-hydrogen) atoms. The monoisotopic (exact) mass is 215 g/mol. The number of esters is 1. The minimum Gasteiger partial charge on any atom is -0.455 e. The molecule has 0 saturated heterocycles. The summed E-state index contributed by atoms with van der Waals surface area (Å²) in [5, 5.41) is 3.42. The Morgan fingerprint density at radius 3 is 2.13 bits per heavy atom. The van der Waals surface area contributed by atoms with Gasteiger partial charge in [-0.05, 0) is 27.7 Å². The summed E-state index contributed by atoms with van der Waals surface area (Å²) >= 11 is 0. The van der Waals surface area contributed by atoms with E-state index in [1.165, 1.54) is 6.92 Å². The van der Waals surface area contributed by atoms with E-state index in [4.69, 9.17) is 4.74 Å². The molecule has 0 atom stereocenters. The van der Waals surface area contributed by atoms with Crippen molar-refractivity contribution in [2.75, 3.05) is 6.61 Å². The average Bonchev–Trinajstić information content (AvgIpc) is 2.00. The quantitative estimate of drug-likeness (QED) is 0.307. The molecule has 0 aliphatic heterocycles. The van der Waals surface area contributed by atoms with Crippen molar-refractivity contribution in [3.63, 3.8) is 0 Å². The first-order valence-corrected chi connectivity index (χ1v) is 4.72. The summed E-state index contributed by atoms with van der Waals surface area (Å²) < 4.78 is 4.99. The van der Waals surface area contributed by atoms with E-state index in [9.17, 15) is 9.59 Å². The number of ether oxygens (including phenoxy) is 1. The number of rotatable bonds is 4. The second-order valence-corrected chi connectivity index (χ2v) is 3.92. The molecular weight excluding hydrogens is 198 g/mol. The summed E-state index contributed by atoms with van der Waals surface area (Å²) in [7, 11) is 0. The maximum Gasteiger partial charge on any atom is 0.364 e. The highest BCUT2D eigenvalue weighted by Gasteiger charge is 2.24. The molecule has 0 aromatic rings. The molecule has 0 bridgehead atoms. The van der Waals surface area contributed by atoms with E-state index in [2.05, 4.69) is 9.99 Å². The van der Waals surface area contributed by atoms with E-state index in [1.54, 1.807) is 27.7 Å². The van der Waals surface area contributed by atoms with Crippen LogP contribution in [-0.2, 0) is 19.2 Å². The van der Waals surface area contributed by atoms with Crippen LogP contribution in [0.15, 0.2) is 5.16 Å². The van der Waals surface area contributed by atoms with E-state index in [0.717, 1.165) is 0 Å². The van der Waals surface area contributed by atoms with Crippen molar-refractivity contribution in [2.45, 2.75) is 40.2 Å². The van der Waals surface area contributed by atoms with Gasteiger partial charge in [-0.15, -0.1) is 0 Å². The third-order valence-corrected chi connectivity index (χ3v) is 1.21. The third kappa shape index (κ3) is 5.83. The first kappa shape index (κ1) is 13.6. The van der Waals surface area contributed by atoms with Gasteiger partial charge in [-0.1, -0.05) is 5.16 Å². The highest BCUT2D eigenvalue weighted by Crippen LogP contribution is 2.07. The van der Waals surface area contributed by atoms with Crippen LogP contribution in [0.5, 0.6) is 0 Å². The zero-order chi connectivity index (χ0) is 12.1. The van der Waals surface area contributed by atoms with E-state index in [-0.39, 0.29) is 5.71 Å². The van der Waals surface area contributed by atoms with Crippen molar-refractivity contribution in [1.82, 2.24) is 0 Å². The molecule has 0 amide bonds. The fourth-order valence-electron chi connectivity index (χ4n) is 0.701.